The Morgan fingerprint density at radius 3 is 1.30 bits per heavy atom. The molecule has 4 aromatic rings. The van der Waals surface area contributed by atoms with Gasteiger partial charge in [-0.3, -0.25) is 0 Å². The van der Waals surface area contributed by atoms with Crippen LogP contribution in [0, 0.1) is 13.8 Å². The number of aromatic nitrogens is 4. The van der Waals surface area contributed by atoms with Gasteiger partial charge in [0.05, 0.1) is 22.4 Å². The first-order chi connectivity index (χ1) is 21.1. The molecule has 0 bridgehead atoms. The van der Waals surface area contributed by atoms with E-state index in [4.69, 9.17) is 14.6 Å². The van der Waals surface area contributed by atoms with Gasteiger partial charge in [0.2, 0.25) is 0 Å². The Bertz CT molecular complexity index is 1440. The molecule has 0 atom stereocenters. The summed E-state index contributed by atoms with van der Waals surface area (Å²) in [7, 11) is 0. The number of hydrogen-bond acceptors (Lipinski definition) is 5. The highest BCUT2D eigenvalue weighted by molar-refractivity contribution is 6.18. The zero-order valence-electron chi connectivity index (χ0n) is 28.3. The lowest BCUT2D eigenvalue weighted by molar-refractivity contribution is 0.315. The van der Waals surface area contributed by atoms with Gasteiger partial charge in [0.1, 0.15) is 11.0 Å². The van der Waals surface area contributed by atoms with Crippen molar-refractivity contribution < 1.29 is 4.63 Å². The number of aryl methyl sites for hydroxylation is 6. The van der Waals surface area contributed by atoms with Crippen LogP contribution in [0.3, 0.4) is 0 Å². The van der Waals surface area contributed by atoms with Crippen molar-refractivity contribution in [2.75, 3.05) is 0 Å². The first-order valence-corrected chi connectivity index (χ1v) is 17.9. The molecular formula is C38H58N4O. The predicted molar refractivity (Wildman–Crippen MR) is 183 cm³/mol. The molecule has 2 heterocycles. The number of benzene rings is 2. The first-order valence-electron chi connectivity index (χ1n) is 17.9. The number of nitrogens with zero attached hydrogens (tertiary/aromatic N) is 4. The third-order valence-electron chi connectivity index (χ3n) is 9.58. The van der Waals surface area contributed by atoms with Gasteiger partial charge >= 0.3 is 0 Å². The van der Waals surface area contributed by atoms with Crippen LogP contribution >= 0.6 is 0 Å². The monoisotopic (exact) mass is 586 g/mol. The van der Waals surface area contributed by atoms with Gasteiger partial charge in [-0.2, -0.15) is 0 Å². The minimum absolute atomic E-state index is 0.912. The molecule has 0 saturated carbocycles. The summed E-state index contributed by atoms with van der Waals surface area (Å²) in [5.41, 5.74) is 11.8. The minimum Gasteiger partial charge on any atom is -0.249 e. The van der Waals surface area contributed by atoms with Crippen LogP contribution in [0.1, 0.15) is 164 Å². The van der Waals surface area contributed by atoms with Crippen molar-refractivity contribution in [3.05, 3.63) is 33.6 Å². The van der Waals surface area contributed by atoms with Gasteiger partial charge in [0, 0.05) is 10.8 Å². The van der Waals surface area contributed by atoms with E-state index in [0.29, 0.717) is 0 Å². The average Bonchev–Trinajstić information content (AvgIpc) is 3.51. The van der Waals surface area contributed by atoms with E-state index in [2.05, 4.69) is 51.9 Å². The maximum Gasteiger partial charge on any atom is 0.143 e. The molecule has 4 rings (SSSR count). The topological polar surface area (TPSA) is 64.7 Å². The molecule has 236 valence electrons. The van der Waals surface area contributed by atoms with Gasteiger partial charge in [-0.15, -0.1) is 0 Å². The molecule has 0 unspecified atom stereocenters. The van der Waals surface area contributed by atoms with Gasteiger partial charge in [-0.25, -0.2) is 14.6 Å². The molecule has 0 saturated heterocycles. The molecule has 0 spiro atoms. The van der Waals surface area contributed by atoms with Crippen LogP contribution in [0.2, 0.25) is 0 Å². The van der Waals surface area contributed by atoms with Crippen molar-refractivity contribution in [1.29, 1.82) is 0 Å². The van der Waals surface area contributed by atoms with Crippen LogP contribution in [-0.2, 0) is 25.7 Å². The van der Waals surface area contributed by atoms with Gasteiger partial charge in [0.15, 0.2) is 0 Å². The maximum atomic E-state index is 5.61. The number of fused-ring (bicyclic) bond motifs is 5. The fourth-order valence-corrected chi connectivity index (χ4v) is 6.95. The smallest absolute Gasteiger partial charge is 0.143 e. The second kappa shape index (κ2) is 17.1. The number of unbranched alkanes of at least 4 members (excludes halogenated alkanes) is 12. The van der Waals surface area contributed by atoms with E-state index in [1.807, 2.05) is 0 Å². The van der Waals surface area contributed by atoms with Crippen molar-refractivity contribution >= 4 is 32.8 Å². The maximum absolute atomic E-state index is 5.61. The van der Waals surface area contributed by atoms with E-state index in [0.717, 1.165) is 47.8 Å². The molecule has 0 N–H and O–H groups in total. The van der Waals surface area contributed by atoms with Gasteiger partial charge in [0.25, 0.3) is 0 Å². The average molecular weight is 587 g/mol. The fourth-order valence-electron chi connectivity index (χ4n) is 6.95. The Morgan fingerprint density at radius 2 is 0.814 bits per heavy atom. The largest absolute Gasteiger partial charge is 0.249 e. The third kappa shape index (κ3) is 7.94. The fraction of sp³-hybridized carbons (Fsp3) is 0.684. The summed E-state index contributed by atoms with van der Waals surface area (Å²) in [6.07, 6.45) is 24.0. The zero-order chi connectivity index (χ0) is 30.6. The summed E-state index contributed by atoms with van der Waals surface area (Å²) in [6, 6.07) is 0. The Hall–Kier alpha value is -2.56. The van der Waals surface area contributed by atoms with Crippen LogP contribution in [-0.4, -0.2) is 20.3 Å². The summed E-state index contributed by atoms with van der Waals surface area (Å²) in [5.74, 6) is 0. The zero-order valence-corrected chi connectivity index (χ0v) is 28.3. The van der Waals surface area contributed by atoms with E-state index in [1.54, 1.807) is 0 Å². The van der Waals surface area contributed by atoms with Crippen molar-refractivity contribution in [2.45, 2.75) is 170 Å². The normalized spacial score (nSPS) is 12.0. The van der Waals surface area contributed by atoms with Crippen molar-refractivity contribution in [3.63, 3.8) is 0 Å². The lowest BCUT2D eigenvalue weighted by atomic mass is 9.86. The molecule has 0 aliphatic heterocycles. The summed E-state index contributed by atoms with van der Waals surface area (Å²) >= 11 is 0. The summed E-state index contributed by atoms with van der Waals surface area (Å²) in [6.45, 7) is 13.6. The molecule has 0 aliphatic carbocycles. The molecule has 0 amide bonds. The van der Waals surface area contributed by atoms with E-state index in [1.165, 1.54) is 147 Å². The van der Waals surface area contributed by atoms with Crippen molar-refractivity contribution in [2.24, 2.45) is 0 Å². The highest BCUT2D eigenvalue weighted by Gasteiger charge is 2.25. The third-order valence-corrected chi connectivity index (χ3v) is 9.58. The summed E-state index contributed by atoms with van der Waals surface area (Å²) in [5, 5.41) is 11.5. The molecule has 0 fully saturated rings. The quantitative estimate of drug-likeness (QED) is 0.0761. The molecular weight excluding hydrogens is 528 g/mol. The van der Waals surface area contributed by atoms with Crippen LogP contribution in [0.5, 0.6) is 0 Å². The Balaban J connectivity index is 1.98. The Kier molecular flexibility index (Phi) is 13.2. The molecule has 2 aromatic carbocycles. The van der Waals surface area contributed by atoms with E-state index < -0.39 is 0 Å². The SMILES string of the molecule is CCCCCCc1nc2c(C)c(CCCCCC)c3c4nonc4c(C)c(CCCCCC)c3c2nc1CCCCCC. The van der Waals surface area contributed by atoms with Gasteiger partial charge in [-0.05, 0) is 97.8 Å². The molecule has 5 heteroatoms. The van der Waals surface area contributed by atoms with E-state index in [9.17, 15) is 0 Å². The first kappa shape index (κ1) is 33.3. The second-order valence-corrected chi connectivity index (χ2v) is 13.0. The Labute approximate surface area is 261 Å². The van der Waals surface area contributed by atoms with Crippen LogP contribution < -0.4 is 0 Å². The summed E-state index contributed by atoms with van der Waals surface area (Å²) < 4.78 is 5.45. The second-order valence-electron chi connectivity index (χ2n) is 13.0. The number of rotatable bonds is 20. The molecule has 43 heavy (non-hydrogen) atoms. The summed E-state index contributed by atoms with van der Waals surface area (Å²) in [4.78, 5) is 11.2. The van der Waals surface area contributed by atoms with Crippen molar-refractivity contribution in [3.8, 4) is 0 Å². The number of hydrogen-bond donors (Lipinski definition) is 0. The lowest BCUT2D eigenvalue weighted by Gasteiger charge is -2.20. The molecule has 2 aromatic heterocycles. The standard InChI is InChI=1S/C38H58N4O/c1-7-11-15-19-23-29-27(5)35-37(40-32(26-22-18-14-10-4)31(39-35)25-21-17-13-9-3)33-30(24-20-16-12-8-2)28(6)36-38(34(29)33)42-43-41-36/h7-26H2,1-6H3. The highest BCUT2D eigenvalue weighted by atomic mass is 16.6. The minimum atomic E-state index is 0.912. The van der Waals surface area contributed by atoms with Crippen LogP contribution in [0.15, 0.2) is 4.63 Å². The Morgan fingerprint density at radius 1 is 0.419 bits per heavy atom. The molecule has 0 aliphatic rings. The van der Waals surface area contributed by atoms with E-state index in [-0.39, 0.29) is 0 Å². The predicted octanol–water partition coefficient (Wildman–Crippen LogP) is 11.4. The molecule has 0 radical (unpaired) electrons. The van der Waals surface area contributed by atoms with Crippen LogP contribution in [0.4, 0.5) is 0 Å². The molecule has 5 nitrogen and oxygen atoms in total. The van der Waals surface area contributed by atoms with Gasteiger partial charge in [-0.1, -0.05) is 105 Å². The van der Waals surface area contributed by atoms with Crippen LogP contribution in [0.25, 0.3) is 32.8 Å². The van der Waals surface area contributed by atoms with Crippen molar-refractivity contribution in [1.82, 2.24) is 20.3 Å². The highest BCUT2D eigenvalue weighted by Crippen LogP contribution is 2.41. The lowest BCUT2D eigenvalue weighted by Crippen LogP contribution is -2.08. The van der Waals surface area contributed by atoms with E-state index >= 15 is 0 Å². The van der Waals surface area contributed by atoms with Gasteiger partial charge < -0.3 is 0 Å².